The van der Waals surface area contributed by atoms with Crippen LogP contribution < -0.4 is 17.0 Å². The van der Waals surface area contributed by atoms with Crippen LogP contribution in [0, 0.1) is 0 Å². The van der Waals surface area contributed by atoms with E-state index in [1.54, 1.807) is 18.3 Å². The molecule has 0 aromatic carbocycles. The first-order valence-electron chi connectivity index (χ1n) is 8.23. The zero-order valence-corrected chi connectivity index (χ0v) is 15.4. The van der Waals surface area contributed by atoms with Gasteiger partial charge in [-0.25, -0.2) is 4.79 Å². The van der Waals surface area contributed by atoms with Crippen molar-refractivity contribution in [3.63, 3.8) is 0 Å². The first-order chi connectivity index (χ1) is 11.8. The molecule has 1 saturated heterocycles. The van der Waals surface area contributed by atoms with Gasteiger partial charge in [0.15, 0.2) is 5.78 Å². The highest BCUT2D eigenvalue weighted by Gasteiger charge is 2.35. The van der Waals surface area contributed by atoms with Crippen LogP contribution in [0.3, 0.4) is 0 Å². The average molecular weight is 362 g/mol. The van der Waals surface area contributed by atoms with Gasteiger partial charge in [0.25, 0.3) is 5.56 Å². The van der Waals surface area contributed by atoms with Gasteiger partial charge in [-0.2, -0.15) is 0 Å². The van der Waals surface area contributed by atoms with Crippen LogP contribution in [0.1, 0.15) is 41.0 Å². The Kier molecular flexibility index (Phi) is 4.66. The van der Waals surface area contributed by atoms with E-state index in [0.717, 1.165) is 28.5 Å². The fourth-order valence-corrected chi connectivity index (χ4v) is 4.37. The molecule has 0 aliphatic carbocycles. The molecular weight excluding hydrogens is 340 g/mol. The standard InChI is InChI=1S/C17H22N4O3S/c1-10(21-8-4-6-11(21)12-7-5-9-25-12)14(22)13-15(18)19(2)17(24)20(3)16(13)23/h5,7,9-11H,4,6,8,18H2,1-3H3/t10-,11-/m1/s1. The van der Waals surface area contributed by atoms with Crippen molar-refractivity contribution in [2.24, 2.45) is 14.1 Å². The van der Waals surface area contributed by atoms with Crippen molar-refractivity contribution in [1.29, 1.82) is 0 Å². The largest absolute Gasteiger partial charge is 0.384 e. The lowest BCUT2D eigenvalue weighted by Crippen LogP contribution is -2.46. The summed E-state index contributed by atoms with van der Waals surface area (Å²) in [6.45, 7) is 2.60. The maximum Gasteiger partial charge on any atom is 0.332 e. The van der Waals surface area contributed by atoms with Gasteiger partial charge < -0.3 is 5.73 Å². The molecule has 0 amide bonds. The molecule has 0 unspecified atom stereocenters. The van der Waals surface area contributed by atoms with Crippen LogP contribution in [0.25, 0.3) is 0 Å². The number of likely N-dealkylation sites (tertiary alicyclic amines) is 1. The lowest BCUT2D eigenvalue weighted by molar-refractivity contribution is 0.0820. The van der Waals surface area contributed by atoms with Crippen molar-refractivity contribution in [2.75, 3.05) is 12.3 Å². The first kappa shape index (κ1) is 17.6. The van der Waals surface area contributed by atoms with Gasteiger partial charge in [-0.05, 0) is 37.8 Å². The number of carbonyl (C=O) groups is 1. The third kappa shape index (κ3) is 2.85. The molecule has 1 aliphatic rings. The number of hydrogen-bond donors (Lipinski definition) is 1. The van der Waals surface area contributed by atoms with Crippen LogP contribution in [0.4, 0.5) is 5.82 Å². The van der Waals surface area contributed by atoms with Gasteiger partial charge in [0.1, 0.15) is 11.4 Å². The van der Waals surface area contributed by atoms with Crippen LogP contribution in [0.5, 0.6) is 0 Å². The Morgan fingerprint density at radius 1 is 1.32 bits per heavy atom. The number of Topliss-reactive ketones (excluding diaryl/α,β-unsaturated/α-hetero) is 1. The molecule has 0 spiro atoms. The highest BCUT2D eigenvalue weighted by molar-refractivity contribution is 7.10. The Morgan fingerprint density at radius 2 is 2.04 bits per heavy atom. The maximum absolute atomic E-state index is 13.1. The molecule has 0 saturated carbocycles. The van der Waals surface area contributed by atoms with E-state index in [9.17, 15) is 14.4 Å². The summed E-state index contributed by atoms with van der Waals surface area (Å²) < 4.78 is 2.07. The number of nitrogens with two attached hydrogens (primary N) is 1. The van der Waals surface area contributed by atoms with Crippen LogP contribution in [-0.4, -0.2) is 32.4 Å². The van der Waals surface area contributed by atoms with Gasteiger partial charge in [-0.15, -0.1) is 11.3 Å². The van der Waals surface area contributed by atoms with Gasteiger partial charge in [-0.3, -0.25) is 23.6 Å². The number of nitrogens with zero attached hydrogens (tertiary/aromatic N) is 3. The normalized spacial score (nSPS) is 19.2. The Morgan fingerprint density at radius 3 is 2.68 bits per heavy atom. The maximum atomic E-state index is 13.1. The molecule has 8 heteroatoms. The molecule has 2 aromatic heterocycles. The van der Waals surface area contributed by atoms with E-state index < -0.39 is 17.3 Å². The van der Waals surface area contributed by atoms with Crippen LogP contribution in [0.2, 0.25) is 0 Å². The predicted molar refractivity (Wildman–Crippen MR) is 98.1 cm³/mol. The van der Waals surface area contributed by atoms with Gasteiger partial charge in [0.05, 0.1) is 6.04 Å². The zero-order chi connectivity index (χ0) is 18.3. The predicted octanol–water partition coefficient (Wildman–Crippen LogP) is 1.14. The number of ketones is 1. The second kappa shape index (κ2) is 6.61. The zero-order valence-electron chi connectivity index (χ0n) is 14.6. The molecular formula is C17H22N4O3S. The van der Waals surface area contributed by atoms with Crippen molar-refractivity contribution < 1.29 is 4.79 Å². The Hall–Kier alpha value is -2.19. The third-order valence-electron chi connectivity index (χ3n) is 5.00. The van der Waals surface area contributed by atoms with Gasteiger partial charge in [-0.1, -0.05) is 6.07 Å². The van der Waals surface area contributed by atoms with E-state index in [1.807, 2.05) is 11.4 Å². The summed E-state index contributed by atoms with van der Waals surface area (Å²) in [6.07, 6.45) is 1.99. The quantitative estimate of drug-likeness (QED) is 0.824. The van der Waals surface area contributed by atoms with Gasteiger partial charge >= 0.3 is 5.69 Å². The van der Waals surface area contributed by atoms with E-state index in [0.29, 0.717) is 0 Å². The molecule has 7 nitrogen and oxygen atoms in total. The number of anilines is 1. The molecule has 134 valence electrons. The Balaban J connectivity index is 1.99. The monoisotopic (exact) mass is 362 g/mol. The summed E-state index contributed by atoms with van der Waals surface area (Å²) in [5, 5.41) is 2.03. The van der Waals surface area contributed by atoms with Gasteiger partial charge in [0.2, 0.25) is 0 Å². The smallest absolute Gasteiger partial charge is 0.332 e. The molecule has 2 atom stereocenters. The van der Waals surface area contributed by atoms with Crippen LogP contribution in [-0.2, 0) is 14.1 Å². The highest BCUT2D eigenvalue weighted by Crippen LogP contribution is 2.36. The number of rotatable bonds is 4. The Labute approximate surface area is 149 Å². The van der Waals surface area contributed by atoms with Crippen LogP contribution in [0.15, 0.2) is 27.1 Å². The molecule has 25 heavy (non-hydrogen) atoms. The van der Waals surface area contributed by atoms with E-state index in [-0.39, 0.29) is 23.2 Å². The highest BCUT2D eigenvalue weighted by atomic mass is 32.1. The third-order valence-corrected chi connectivity index (χ3v) is 5.97. The summed E-state index contributed by atoms with van der Waals surface area (Å²) in [4.78, 5) is 40.8. The van der Waals surface area contributed by atoms with Crippen molar-refractivity contribution in [1.82, 2.24) is 14.0 Å². The molecule has 0 bridgehead atoms. The molecule has 1 aliphatic heterocycles. The summed E-state index contributed by atoms with van der Waals surface area (Å²) >= 11 is 1.67. The van der Waals surface area contributed by atoms with E-state index in [1.165, 1.54) is 19.0 Å². The van der Waals surface area contributed by atoms with Crippen LogP contribution >= 0.6 is 11.3 Å². The van der Waals surface area contributed by atoms with Crippen molar-refractivity contribution in [3.05, 3.63) is 48.8 Å². The number of carbonyl (C=O) groups excluding carboxylic acids is 1. The lowest BCUT2D eigenvalue weighted by Gasteiger charge is -2.29. The van der Waals surface area contributed by atoms with E-state index in [2.05, 4.69) is 11.0 Å². The number of thiophene rings is 1. The molecule has 2 N–H and O–H groups in total. The number of nitrogen functional groups attached to an aromatic ring is 1. The van der Waals surface area contributed by atoms with Crippen molar-refractivity contribution in [3.8, 4) is 0 Å². The summed E-state index contributed by atoms with van der Waals surface area (Å²) in [5.41, 5.74) is 4.66. The summed E-state index contributed by atoms with van der Waals surface area (Å²) in [5.74, 6) is -0.408. The SMILES string of the molecule is C[C@H](C(=O)c1c(N)n(C)c(=O)n(C)c1=O)N1CCC[C@@H]1c1cccs1. The second-order valence-electron chi connectivity index (χ2n) is 6.42. The fourth-order valence-electron chi connectivity index (χ4n) is 3.49. The number of aromatic nitrogens is 2. The average Bonchev–Trinajstić information content (AvgIpc) is 3.28. The minimum atomic E-state index is -0.635. The molecule has 0 radical (unpaired) electrons. The van der Waals surface area contributed by atoms with Crippen molar-refractivity contribution in [2.45, 2.75) is 31.8 Å². The first-order valence-corrected chi connectivity index (χ1v) is 9.11. The molecule has 1 fully saturated rings. The lowest BCUT2D eigenvalue weighted by atomic mass is 10.0. The molecule has 2 aromatic rings. The van der Waals surface area contributed by atoms with Gasteiger partial charge in [0, 0.05) is 25.0 Å². The number of hydrogen-bond acceptors (Lipinski definition) is 6. The van der Waals surface area contributed by atoms with E-state index in [4.69, 9.17) is 5.73 Å². The fraction of sp³-hybridized carbons (Fsp3) is 0.471. The summed E-state index contributed by atoms with van der Waals surface area (Å²) in [7, 11) is 2.82. The van der Waals surface area contributed by atoms with Crippen molar-refractivity contribution >= 4 is 22.9 Å². The minimum Gasteiger partial charge on any atom is -0.384 e. The second-order valence-corrected chi connectivity index (χ2v) is 7.40. The molecule has 3 rings (SSSR count). The molecule has 3 heterocycles. The topological polar surface area (TPSA) is 90.3 Å². The minimum absolute atomic E-state index is 0.0724. The Bertz CT molecular complexity index is 913. The van der Waals surface area contributed by atoms with E-state index >= 15 is 0 Å². The summed E-state index contributed by atoms with van der Waals surface area (Å²) in [6, 6.07) is 3.77.